The number of aromatic nitrogens is 2. The molecule has 2 rings (SSSR count). The molecule has 6 heteroatoms. The minimum absolute atomic E-state index is 0.239. The van der Waals surface area contributed by atoms with Gasteiger partial charge in [-0.3, -0.25) is 0 Å². The lowest BCUT2D eigenvalue weighted by Crippen LogP contribution is -2.11. The van der Waals surface area contributed by atoms with E-state index in [0.717, 1.165) is 12.2 Å². The largest absolute Gasteiger partial charge is 0.337 e. The number of benzene rings is 1. The molecule has 0 aliphatic rings. The van der Waals surface area contributed by atoms with Crippen molar-refractivity contribution in [3.05, 3.63) is 36.0 Å². The molecule has 0 bridgehead atoms. The molecule has 96 valence electrons. The van der Waals surface area contributed by atoms with Gasteiger partial charge in [0.2, 0.25) is 11.7 Å². The quantitative estimate of drug-likeness (QED) is 0.902. The molecule has 1 aromatic carbocycles. The second-order valence-electron chi connectivity index (χ2n) is 3.82. The smallest absolute Gasteiger partial charge is 0.243 e. The number of rotatable bonds is 5. The van der Waals surface area contributed by atoms with Crippen LogP contribution in [0.15, 0.2) is 28.8 Å². The van der Waals surface area contributed by atoms with Gasteiger partial charge in [-0.2, -0.15) is 16.7 Å². The normalized spacial score (nSPS) is 12.6. The Kier molecular flexibility index (Phi) is 4.33. The van der Waals surface area contributed by atoms with E-state index in [2.05, 4.69) is 10.1 Å². The molecule has 0 spiro atoms. The van der Waals surface area contributed by atoms with Gasteiger partial charge in [0.25, 0.3) is 0 Å². The average Bonchev–Trinajstić information content (AvgIpc) is 2.86. The maximum absolute atomic E-state index is 13.5. The van der Waals surface area contributed by atoms with E-state index in [4.69, 9.17) is 10.3 Å². The number of halogens is 1. The van der Waals surface area contributed by atoms with Crippen molar-refractivity contribution >= 4 is 11.8 Å². The summed E-state index contributed by atoms with van der Waals surface area (Å²) >= 11 is 1.70. The highest BCUT2D eigenvalue weighted by molar-refractivity contribution is 7.98. The molecule has 0 aliphatic carbocycles. The Hall–Kier alpha value is -1.40. The molecule has 0 unspecified atom stereocenters. The van der Waals surface area contributed by atoms with Crippen molar-refractivity contribution in [1.29, 1.82) is 0 Å². The van der Waals surface area contributed by atoms with Crippen molar-refractivity contribution in [2.24, 2.45) is 5.73 Å². The van der Waals surface area contributed by atoms with E-state index >= 15 is 0 Å². The molecule has 2 aromatic rings. The summed E-state index contributed by atoms with van der Waals surface area (Å²) < 4.78 is 18.6. The Morgan fingerprint density at radius 3 is 2.94 bits per heavy atom. The van der Waals surface area contributed by atoms with E-state index < -0.39 is 0 Å². The number of nitrogens with two attached hydrogens (primary N) is 1. The molecule has 0 saturated heterocycles. The third-order valence-electron chi connectivity index (χ3n) is 2.51. The minimum Gasteiger partial charge on any atom is -0.337 e. The summed E-state index contributed by atoms with van der Waals surface area (Å²) in [5.41, 5.74) is 6.23. The molecule has 0 radical (unpaired) electrons. The molecule has 4 nitrogen and oxygen atoms in total. The maximum Gasteiger partial charge on any atom is 0.243 e. The highest BCUT2D eigenvalue weighted by Gasteiger charge is 2.16. The Morgan fingerprint density at radius 1 is 1.44 bits per heavy atom. The van der Waals surface area contributed by atoms with Gasteiger partial charge in [0, 0.05) is 0 Å². The van der Waals surface area contributed by atoms with Crippen LogP contribution < -0.4 is 5.73 Å². The monoisotopic (exact) mass is 267 g/mol. The summed E-state index contributed by atoms with van der Waals surface area (Å²) in [7, 11) is 0. The first kappa shape index (κ1) is 13.0. The summed E-state index contributed by atoms with van der Waals surface area (Å²) in [6.07, 6.45) is 2.76. The summed E-state index contributed by atoms with van der Waals surface area (Å²) in [5.74, 6) is 1.13. The van der Waals surface area contributed by atoms with Gasteiger partial charge < -0.3 is 10.3 Å². The van der Waals surface area contributed by atoms with Crippen molar-refractivity contribution in [3.8, 4) is 11.4 Å². The third-order valence-corrected chi connectivity index (χ3v) is 3.15. The van der Waals surface area contributed by atoms with Crippen LogP contribution in [0.2, 0.25) is 0 Å². The Labute approximate surface area is 109 Å². The number of hydrogen-bond donors (Lipinski definition) is 1. The van der Waals surface area contributed by atoms with E-state index in [1.807, 2.05) is 6.26 Å². The first-order valence-corrected chi connectivity index (χ1v) is 6.94. The fraction of sp³-hybridized carbons (Fsp3) is 0.333. The van der Waals surface area contributed by atoms with Crippen LogP contribution in [-0.2, 0) is 0 Å². The van der Waals surface area contributed by atoms with Gasteiger partial charge in [0.05, 0.1) is 11.6 Å². The molecule has 0 saturated carbocycles. The van der Waals surface area contributed by atoms with E-state index in [1.54, 1.807) is 30.0 Å². The van der Waals surface area contributed by atoms with Gasteiger partial charge in [-0.1, -0.05) is 17.3 Å². The molecular formula is C12H14FN3OS. The maximum atomic E-state index is 13.5. The molecule has 1 aromatic heterocycles. The third kappa shape index (κ3) is 2.88. The van der Waals surface area contributed by atoms with Crippen molar-refractivity contribution in [1.82, 2.24) is 10.1 Å². The van der Waals surface area contributed by atoms with Gasteiger partial charge in [-0.05, 0) is 30.6 Å². The molecule has 0 fully saturated rings. The minimum atomic E-state index is -0.373. The second kappa shape index (κ2) is 5.97. The van der Waals surface area contributed by atoms with E-state index in [9.17, 15) is 4.39 Å². The van der Waals surface area contributed by atoms with E-state index in [0.29, 0.717) is 11.5 Å². The first-order chi connectivity index (χ1) is 8.72. The highest BCUT2D eigenvalue weighted by atomic mass is 32.2. The molecule has 0 amide bonds. The Morgan fingerprint density at radius 2 is 2.22 bits per heavy atom. The van der Waals surface area contributed by atoms with Gasteiger partial charge in [-0.15, -0.1) is 0 Å². The zero-order valence-electron chi connectivity index (χ0n) is 9.97. The lowest BCUT2D eigenvalue weighted by Gasteiger charge is -2.03. The lowest BCUT2D eigenvalue weighted by molar-refractivity contribution is 0.353. The Balaban J connectivity index is 2.18. The van der Waals surface area contributed by atoms with Gasteiger partial charge in [0.15, 0.2) is 0 Å². The molecule has 2 N–H and O–H groups in total. The molecule has 18 heavy (non-hydrogen) atoms. The van der Waals surface area contributed by atoms with E-state index in [1.165, 1.54) is 6.07 Å². The first-order valence-electron chi connectivity index (χ1n) is 5.55. The van der Waals surface area contributed by atoms with Crippen molar-refractivity contribution in [2.45, 2.75) is 12.5 Å². The predicted molar refractivity (Wildman–Crippen MR) is 69.6 cm³/mol. The van der Waals surface area contributed by atoms with Crippen LogP contribution in [0.4, 0.5) is 4.39 Å². The number of nitrogens with zero attached hydrogens (tertiary/aromatic N) is 2. The summed E-state index contributed by atoms with van der Waals surface area (Å²) in [4.78, 5) is 4.14. The second-order valence-corrected chi connectivity index (χ2v) is 4.81. The lowest BCUT2D eigenvalue weighted by atomic mass is 10.2. The molecule has 1 heterocycles. The van der Waals surface area contributed by atoms with Crippen LogP contribution in [0.25, 0.3) is 11.4 Å². The zero-order valence-corrected chi connectivity index (χ0v) is 10.8. The predicted octanol–water partition coefficient (Wildman–Crippen LogP) is 2.63. The Bertz CT molecular complexity index is 518. The zero-order chi connectivity index (χ0) is 13.0. The van der Waals surface area contributed by atoms with Crippen LogP contribution in [0.1, 0.15) is 18.4 Å². The molecular weight excluding hydrogens is 253 g/mol. The fourth-order valence-electron chi connectivity index (χ4n) is 1.51. The van der Waals surface area contributed by atoms with Crippen LogP contribution in [-0.4, -0.2) is 22.1 Å². The van der Waals surface area contributed by atoms with Crippen LogP contribution >= 0.6 is 11.8 Å². The summed E-state index contributed by atoms with van der Waals surface area (Å²) in [5, 5.41) is 3.76. The summed E-state index contributed by atoms with van der Waals surface area (Å²) in [6, 6.07) is 6.01. The highest BCUT2D eigenvalue weighted by Crippen LogP contribution is 2.22. The standard InChI is InChI=1S/C12H14FN3OS/c1-18-7-6-10(14)12-15-11(16-17-12)8-4-2-3-5-9(8)13/h2-5,10H,6-7,14H2,1H3/t10-/m0/s1. The molecule has 0 aliphatic heterocycles. The van der Waals surface area contributed by atoms with Crippen LogP contribution in [0.3, 0.4) is 0 Å². The SMILES string of the molecule is CSCC[C@H](N)c1nc(-c2ccccc2F)no1. The van der Waals surface area contributed by atoms with Gasteiger partial charge in [0.1, 0.15) is 5.82 Å². The van der Waals surface area contributed by atoms with Gasteiger partial charge in [-0.25, -0.2) is 4.39 Å². The van der Waals surface area contributed by atoms with Crippen LogP contribution in [0.5, 0.6) is 0 Å². The fourth-order valence-corrected chi connectivity index (χ4v) is 2.00. The van der Waals surface area contributed by atoms with Crippen molar-refractivity contribution in [3.63, 3.8) is 0 Å². The average molecular weight is 267 g/mol. The summed E-state index contributed by atoms with van der Waals surface area (Å²) in [6.45, 7) is 0. The topological polar surface area (TPSA) is 64.9 Å². The van der Waals surface area contributed by atoms with Gasteiger partial charge >= 0.3 is 0 Å². The van der Waals surface area contributed by atoms with Crippen molar-refractivity contribution < 1.29 is 8.91 Å². The molecule has 1 atom stereocenters. The van der Waals surface area contributed by atoms with E-state index in [-0.39, 0.29) is 17.7 Å². The van der Waals surface area contributed by atoms with Crippen LogP contribution in [0, 0.1) is 5.82 Å². The number of hydrogen-bond acceptors (Lipinski definition) is 5. The van der Waals surface area contributed by atoms with Crippen molar-refractivity contribution in [2.75, 3.05) is 12.0 Å². The number of thioether (sulfide) groups is 1.